The smallest absolute Gasteiger partial charge is 0.346 e. The number of methoxy groups -OCH3 is 1. The van der Waals surface area contributed by atoms with Gasteiger partial charge in [-0.1, -0.05) is 0 Å². The number of nitro benzene ring substituents is 1. The van der Waals surface area contributed by atoms with E-state index in [0.717, 1.165) is 24.3 Å². The van der Waals surface area contributed by atoms with Crippen molar-refractivity contribution >= 4 is 17.4 Å². The molecule has 0 saturated heterocycles. The van der Waals surface area contributed by atoms with Gasteiger partial charge in [0.05, 0.1) is 24.7 Å². The van der Waals surface area contributed by atoms with Gasteiger partial charge in [0, 0.05) is 11.6 Å². The summed E-state index contributed by atoms with van der Waals surface area (Å²) in [5, 5.41) is 11.3. The van der Waals surface area contributed by atoms with E-state index in [2.05, 4.69) is 0 Å². The van der Waals surface area contributed by atoms with Crippen molar-refractivity contribution in [2.24, 2.45) is 0 Å². The molecule has 1 atom stereocenters. The molecule has 0 radical (unpaired) electrons. The highest BCUT2D eigenvalue weighted by Crippen LogP contribution is 2.35. The van der Waals surface area contributed by atoms with Crippen LogP contribution in [0.5, 0.6) is 11.5 Å². The van der Waals surface area contributed by atoms with E-state index in [4.69, 9.17) is 14.2 Å². The Labute approximate surface area is 160 Å². The van der Waals surface area contributed by atoms with Crippen LogP contribution in [0.4, 0.5) is 10.1 Å². The van der Waals surface area contributed by atoms with E-state index in [1.165, 1.54) is 26.2 Å². The molecule has 28 heavy (non-hydrogen) atoms. The zero-order valence-electron chi connectivity index (χ0n) is 15.4. The molecule has 2 aromatic rings. The van der Waals surface area contributed by atoms with Gasteiger partial charge in [-0.15, -0.1) is 0 Å². The van der Waals surface area contributed by atoms with Crippen LogP contribution in [-0.4, -0.2) is 36.5 Å². The van der Waals surface area contributed by atoms with Crippen molar-refractivity contribution in [3.63, 3.8) is 0 Å². The first-order valence-electron chi connectivity index (χ1n) is 8.28. The molecule has 0 heterocycles. The first-order chi connectivity index (χ1) is 13.3. The van der Waals surface area contributed by atoms with Crippen LogP contribution in [0, 0.1) is 15.9 Å². The molecular weight excluding hydrogens is 373 g/mol. The fraction of sp³-hybridized carbons (Fsp3) is 0.263. The van der Waals surface area contributed by atoms with E-state index in [-0.39, 0.29) is 29.2 Å². The molecule has 0 aliphatic rings. The lowest BCUT2D eigenvalue weighted by Crippen LogP contribution is -2.25. The fourth-order valence-corrected chi connectivity index (χ4v) is 2.42. The minimum absolute atomic E-state index is 0.0838. The second-order valence-electron chi connectivity index (χ2n) is 5.63. The third kappa shape index (κ3) is 4.61. The van der Waals surface area contributed by atoms with Crippen LogP contribution >= 0.6 is 0 Å². The Morgan fingerprint density at radius 2 is 1.82 bits per heavy atom. The number of Topliss-reactive ketones (excluding diaryl/α,β-unsaturated/α-hetero) is 1. The van der Waals surface area contributed by atoms with Gasteiger partial charge in [0.15, 0.2) is 17.6 Å². The number of carbonyl (C=O) groups excluding carboxylic acids is 2. The average Bonchev–Trinajstić information content (AvgIpc) is 2.67. The lowest BCUT2D eigenvalue weighted by atomic mass is 10.1. The molecule has 9 heteroatoms. The number of nitro groups is 1. The Hall–Kier alpha value is -3.49. The number of halogens is 1. The van der Waals surface area contributed by atoms with Gasteiger partial charge in [0.2, 0.25) is 5.78 Å². The van der Waals surface area contributed by atoms with Gasteiger partial charge < -0.3 is 14.2 Å². The summed E-state index contributed by atoms with van der Waals surface area (Å²) in [6.07, 6.45) is -1.24. The van der Waals surface area contributed by atoms with Crippen LogP contribution in [0.15, 0.2) is 36.4 Å². The SMILES string of the molecule is CCOc1cc(C(=O)O[C@H](C)C(=O)c2ccc(F)cc2)c([N+](=O)[O-])cc1OC. The molecule has 0 saturated carbocycles. The fourth-order valence-electron chi connectivity index (χ4n) is 2.42. The van der Waals surface area contributed by atoms with E-state index >= 15 is 0 Å². The Balaban J connectivity index is 2.31. The van der Waals surface area contributed by atoms with Gasteiger partial charge >= 0.3 is 5.97 Å². The quantitative estimate of drug-likeness (QED) is 0.293. The third-order valence-corrected chi connectivity index (χ3v) is 3.78. The largest absolute Gasteiger partial charge is 0.493 e. The van der Waals surface area contributed by atoms with Gasteiger partial charge in [-0.25, -0.2) is 9.18 Å². The molecule has 0 spiro atoms. The number of esters is 1. The molecule has 0 aliphatic carbocycles. The zero-order valence-corrected chi connectivity index (χ0v) is 15.4. The molecule has 0 N–H and O–H groups in total. The summed E-state index contributed by atoms with van der Waals surface area (Å²) >= 11 is 0. The van der Waals surface area contributed by atoms with E-state index in [1.54, 1.807) is 6.92 Å². The molecule has 0 amide bonds. The lowest BCUT2D eigenvalue weighted by molar-refractivity contribution is -0.385. The van der Waals surface area contributed by atoms with E-state index in [9.17, 15) is 24.1 Å². The normalized spacial score (nSPS) is 11.4. The van der Waals surface area contributed by atoms with Crippen molar-refractivity contribution < 1.29 is 33.1 Å². The van der Waals surface area contributed by atoms with Gasteiger partial charge in [0.1, 0.15) is 11.4 Å². The Morgan fingerprint density at radius 3 is 2.36 bits per heavy atom. The minimum atomic E-state index is -1.24. The predicted octanol–water partition coefficient (Wildman–Crippen LogP) is 3.57. The van der Waals surface area contributed by atoms with Gasteiger partial charge in [0.25, 0.3) is 5.69 Å². The summed E-state index contributed by atoms with van der Waals surface area (Å²) in [5.74, 6) is -1.95. The molecule has 2 rings (SSSR count). The molecule has 148 valence electrons. The molecule has 0 unspecified atom stereocenters. The molecule has 0 aliphatic heterocycles. The maximum Gasteiger partial charge on any atom is 0.346 e. The Morgan fingerprint density at radius 1 is 1.18 bits per heavy atom. The van der Waals surface area contributed by atoms with Gasteiger partial charge in [-0.2, -0.15) is 0 Å². The Kier molecular flexibility index (Phi) is 6.64. The molecule has 0 bridgehead atoms. The van der Waals surface area contributed by atoms with Gasteiger partial charge in [-0.3, -0.25) is 14.9 Å². The number of hydrogen-bond acceptors (Lipinski definition) is 7. The predicted molar refractivity (Wildman–Crippen MR) is 96.4 cm³/mol. The molecular formula is C19H18FNO7. The first-order valence-corrected chi connectivity index (χ1v) is 8.28. The van der Waals surface area contributed by atoms with Crippen molar-refractivity contribution in [3.8, 4) is 11.5 Å². The van der Waals surface area contributed by atoms with Crippen molar-refractivity contribution in [3.05, 3.63) is 63.5 Å². The first kappa shape index (κ1) is 20.8. The number of hydrogen-bond donors (Lipinski definition) is 0. The molecule has 0 aromatic heterocycles. The van der Waals surface area contributed by atoms with Crippen LogP contribution in [0.3, 0.4) is 0 Å². The summed E-state index contributed by atoms with van der Waals surface area (Å²) in [6, 6.07) is 6.90. The van der Waals surface area contributed by atoms with Crippen molar-refractivity contribution in [1.82, 2.24) is 0 Å². The van der Waals surface area contributed by atoms with Crippen molar-refractivity contribution in [2.75, 3.05) is 13.7 Å². The Bertz CT molecular complexity index is 896. The minimum Gasteiger partial charge on any atom is -0.493 e. The van der Waals surface area contributed by atoms with Crippen LogP contribution in [0.1, 0.15) is 34.6 Å². The highest BCUT2D eigenvalue weighted by molar-refractivity contribution is 6.02. The van der Waals surface area contributed by atoms with Gasteiger partial charge in [-0.05, 0) is 38.1 Å². The number of nitrogens with zero attached hydrogens (tertiary/aromatic N) is 1. The van der Waals surface area contributed by atoms with Crippen LogP contribution < -0.4 is 9.47 Å². The average molecular weight is 391 g/mol. The lowest BCUT2D eigenvalue weighted by Gasteiger charge is -2.14. The highest BCUT2D eigenvalue weighted by Gasteiger charge is 2.28. The van der Waals surface area contributed by atoms with Crippen LogP contribution in [0.25, 0.3) is 0 Å². The maximum absolute atomic E-state index is 13.0. The summed E-state index contributed by atoms with van der Waals surface area (Å²) in [6.45, 7) is 3.26. The molecule has 8 nitrogen and oxygen atoms in total. The number of rotatable bonds is 8. The number of carbonyl (C=O) groups is 2. The summed E-state index contributed by atoms with van der Waals surface area (Å²) in [4.78, 5) is 35.4. The standard InChI is InChI=1S/C19H18FNO7/c1-4-27-17-9-14(15(21(24)25)10-16(17)26-3)19(23)28-11(2)18(22)12-5-7-13(20)8-6-12/h5-11H,4H2,1-3H3/t11-/m1/s1. The maximum atomic E-state index is 13.0. The number of ether oxygens (including phenoxy) is 3. The van der Waals surface area contributed by atoms with Crippen molar-refractivity contribution in [2.45, 2.75) is 20.0 Å². The second kappa shape index (κ2) is 8.94. The summed E-state index contributed by atoms with van der Waals surface area (Å²) in [5.41, 5.74) is -0.791. The monoisotopic (exact) mass is 391 g/mol. The van der Waals surface area contributed by atoms with E-state index < -0.39 is 34.3 Å². The van der Waals surface area contributed by atoms with Crippen LogP contribution in [-0.2, 0) is 4.74 Å². The van der Waals surface area contributed by atoms with E-state index in [0.29, 0.717) is 0 Å². The zero-order chi connectivity index (χ0) is 20.8. The summed E-state index contributed by atoms with van der Waals surface area (Å²) < 4.78 is 28.5. The highest BCUT2D eigenvalue weighted by atomic mass is 19.1. The topological polar surface area (TPSA) is 105 Å². The number of benzene rings is 2. The summed E-state index contributed by atoms with van der Waals surface area (Å²) in [7, 11) is 1.31. The number of ketones is 1. The van der Waals surface area contributed by atoms with Crippen molar-refractivity contribution in [1.29, 1.82) is 0 Å². The molecule has 2 aromatic carbocycles. The van der Waals surface area contributed by atoms with E-state index in [1.807, 2.05) is 0 Å². The van der Waals surface area contributed by atoms with Crippen LogP contribution in [0.2, 0.25) is 0 Å². The molecule has 0 fully saturated rings. The third-order valence-electron chi connectivity index (χ3n) is 3.78. The second-order valence-corrected chi connectivity index (χ2v) is 5.63.